The number of hydrogen-bond donors (Lipinski definition) is 1. The van der Waals surface area contributed by atoms with Crippen molar-refractivity contribution in [3.05, 3.63) is 34.6 Å². The maximum atomic E-state index is 12.8. The first kappa shape index (κ1) is 17.8. The quantitative estimate of drug-likeness (QED) is 0.805. The molecule has 7 heteroatoms. The molecule has 0 radical (unpaired) electrons. The number of benzene rings is 1. The van der Waals surface area contributed by atoms with Gasteiger partial charge in [0, 0.05) is 31.2 Å². The summed E-state index contributed by atoms with van der Waals surface area (Å²) in [5.41, 5.74) is 2.12. The molecule has 0 aliphatic carbocycles. The Morgan fingerprint density at radius 2 is 2.20 bits per heavy atom. The molecule has 6 nitrogen and oxygen atoms in total. The van der Waals surface area contributed by atoms with E-state index in [1.807, 2.05) is 43.0 Å². The fourth-order valence-electron chi connectivity index (χ4n) is 3.07. The maximum absolute atomic E-state index is 12.8. The average Bonchev–Trinajstić information content (AvgIpc) is 3.24. The summed E-state index contributed by atoms with van der Waals surface area (Å²) in [7, 11) is 0. The van der Waals surface area contributed by atoms with Gasteiger partial charge in [0.1, 0.15) is 6.54 Å². The van der Waals surface area contributed by atoms with Crippen LogP contribution in [0.25, 0.3) is 11.4 Å². The van der Waals surface area contributed by atoms with E-state index in [1.54, 1.807) is 4.57 Å². The summed E-state index contributed by atoms with van der Waals surface area (Å²) >= 11 is 5.34. The predicted molar refractivity (Wildman–Crippen MR) is 98.8 cm³/mol. The van der Waals surface area contributed by atoms with Crippen LogP contribution < -0.4 is 0 Å². The molecule has 2 heterocycles. The molecule has 2 aromatic rings. The van der Waals surface area contributed by atoms with Crippen LogP contribution in [0.3, 0.4) is 0 Å². The van der Waals surface area contributed by atoms with Gasteiger partial charge in [-0.2, -0.15) is 5.10 Å². The van der Waals surface area contributed by atoms with Gasteiger partial charge in [-0.15, -0.1) is 0 Å². The fraction of sp³-hybridized carbons (Fsp3) is 0.500. The number of aromatic nitrogens is 3. The number of rotatable bonds is 6. The molecule has 1 unspecified atom stereocenters. The van der Waals surface area contributed by atoms with Gasteiger partial charge >= 0.3 is 0 Å². The second-order valence-corrected chi connectivity index (χ2v) is 6.85. The minimum atomic E-state index is 0.0558. The van der Waals surface area contributed by atoms with Crippen molar-refractivity contribution in [1.82, 2.24) is 19.7 Å². The van der Waals surface area contributed by atoms with Gasteiger partial charge in [0.2, 0.25) is 5.91 Å². The average molecular weight is 360 g/mol. The maximum Gasteiger partial charge on any atom is 0.242 e. The summed E-state index contributed by atoms with van der Waals surface area (Å²) in [6.07, 6.45) is 1.02. The number of aryl methyl sites for hydroxylation is 1. The summed E-state index contributed by atoms with van der Waals surface area (Å²) in [6, 6.07) is 8.04. The van der Waals surface area contributed by atoms with Gasteiger partial charge in [0.15, 0.2) is 10.6 Å². The van der Waals surface area contributed by atoms with Crippen molar-refractivity contribution < 1.29 is 9.53 Å². The number of ether oxygens (including phenoxy) is 1. The van der Waals surface area contributed by atoms with E-state index < -0.39 is 0 Å². The molecule has 0 saturated carbocycles. The van der Waals surface area contributed by atoms with E-state index in [2.05, 4.69) is 10.2 Å². The third-order valence-electron chi connectivity index (χ3n) is 4.60. The first-order valence-electron chi connectivity index (χ1n) is 8.66. The second-order valence-electron chi connectivity index (χ2n) is 6.47. The number of hydrogen-bond acceptors (Lipinski definition) is 4. The van der Waals surface area contributed by atoms with Crippen molar-refractivity contribution in [2.45, 2.75) is 26.8 Å². The highest BCUT2D eigenvalue weighted by molar-refractivity contribution is 7.71. The largest absolute Gasteiger partial charge is 0.381 e. The number of nitrogens with one attached hydrogen (secondary N) is 1. The summed E-state index contributed by atoms with van der Waals surface area (Å²) in [5.74, 6) is 1.18. The highest BCUT2D eigenvalue weighted by atomic mass is 32.1. The van der Waals surface area contributed by atoms with Crippen LogP contribution >= 0.6 is 12.2 Å². The lowest BCUT2D eigenvalue weighted by Crippen LogP contribution is -2.37. The molecule has 1 aliphatic rings. The lowest BCUT2D eigenvalue weighted by atomic mass is 10.1. The van der Waals surface area contributed by atoms with Crippen LogP contribution in [-0.4, -0.2) is 51.9 Å². The fourth-order valence-corrected chi connectivity index (χ4v) is 3.27. The van der Waals surface area contributed by atoms with Crippen LogP contribution in [0.2, 0.25) is 0 Å². The normalized spacial score (nSPS) is 17.0. The molecule has 3 rings (SSSR count). The Morgan fingerprint density at radius 3 is 2.84 bits per heavy atom. The third kappa shape index (κ3) is 4.16. The summed E-state index contributed by atoms with van der Waals surface area (Å²) in [6.45, 7) is 7.19. The SMILES string of the molecule is CCN(CC1CCOC1)C(=O)Cn1c(-c2ccc(C)cc2)n[nH]c1=S. The van der Waals surface area contributed by atoms with E-state index in [9.17, 15) is 4.79 Å². The number of carbonyl (C=O) groups excluding carboxylic acids is 1. The van der Waals surface area contributed by atoms with E-state index in [0.29, 0.717) is 23.1 Å². The molecule has 1 N–H and O–H groups in total. The molecule has 1 aromatic heterocycles. The van der Waals surface area contributed by atoms with Crippen LogP contribution in [0.15, 0.2) is 24.3 Å². The lowest BCUT2D eigenvalue weighted by Gasteiger charge is -2.24. The van der Waals surface area contributed by atoms with Crippen molar-refractivity contribution in [2.75, 3.05) is 26.3 Å². The minimum absolute atomic E-state index is 0.0558. The number of H-pyrrole nitrogens is 1. The van der Waals surface area contributed by atoms with E-state index in [1.165, 1.54) is 5.56 Å². The third-order valence-corrected chi connectivity index (χ3v) is 4.91. The zero-order valence-corrected chi connectivity index (χ0v) is 15.5. The van der Waals surface area contributed by atoms with Crippen molar-refractivity contribution in [1.29, 1.82) is 0 Å². The standard InChI is InChI=1S/C18H24N4O2S/c1-3-21(10-14-8-9-24-12-14)16(23)11-22-17(19-20-18(22)25)15-6-4-13(2)5-7-15/h4-7,14H,3,8-12H2,1-2H3,(H,20,25). The number of aromatic amines is 1. The molecule has 0 bridgehead atoms. The summed E-state index contributed by atoms with van der Waals surface area (Å²) < 4.78 is 7.66. The van der Waals surface area contributed by atoms with Gasteiger partial charge in [-0.05, 0) is 32.5 Å². The second kappa shape index (κ2) is 7.93. The smallest absolute Gasteiger partial charge is 0.242 e. The van der Waals surface area contributed by atoms with Gasteiger partial charge in [-0.25, -0.2) is 0 Å². The molecule has 1 aliphatic heterocycles. The molecular weight excluding hydrogens is 336 g/mol. The Balaban J connectivity index is 1.77. The Hall–Kier alpha value is -1.99. The molecular formula is C18H24N4O2S. The van der Waals surface area contributed by atoms with Gasteiger partial charge in [0.25, 0.3) is 0 Å². The number of amides is 1. The van der Waals surface area contributed by atoms with Crippen LogP contribution in [-0.2, 0) is 16.1 Å². The summed E-state index contributed by atoms with van der Waals surface area (Å²) in [4.78, 5) is 14.7. The molecule has 0 spiro atoms. The van der Waals surface area contributed by atoms with Crippen LogP contribution in [0.4, 0.5) is 0 Å². The number of carbonyl (C=O) groups is 1. The Kier molecular flexibility index (Phi) is 5.65. The zero-order chi connectivity index (χ0) is 17.8. The lowest BCUT2D eigenvalue weighted by molar-refractivity contribution is -0.132. The van der Waals surface area contributed by atoms with Gasteiger partial charge in [-0.3, -0.25) is 14.5 Å². The summed E-state index contributed by atoms with van der Waals surface area (Å²) in [5, 5.41) is 7.12. The molecule has 1 fully saturated rings. The van der Waals surface area contributed by atoms with Crippen molar-refractivity contribution in [3.8, 4) is 11.4 Å². The van der Waals surface area contributed by atoms with Crippen LogP contribution in [0.1, 0.15) is 18.9 Å². The highest BCUT2D eigenvalue weighted by Gasteiger charge is 2.22. The first-order chi connectivity index (χ1) is 12.1. The predicted octanol–water partition coefficient (Wildman–Crippen LogP) is 2.80. The van der Waals surface area contributed by atoms with Crippen molar-refractivity contribution in [3.63, 3.8) is 0 Å². The van der Waals surface area contributed by atoms with E-state index in [-0.39, 0.29) is 12.5 Å². The zero-order valence-electron chi connectivity index (χ0n) is 14.7. The van der Waals surface area contributed by atoms with Crippen LogP contribution in [0.5, 0.6) is 0 Å². The Morgan fingerprint density at radius 1 is 1.44 bits per heavy atom. The topological polar surface area (TPSA) is 63.1 Å². The molecule has 134 valence electrons. The number of likely N-dealkylation sites (N-methyl/N-ethyl adjacent to an activating group) is 1. The van der Waals surface area contributed by atoms with Gasteiger partial charge in [-0.1, -0.05) is 29.8 Å². The van der Waals surface area contributed by atoms with Gasteiger partial charge in [0.05, 0.1) is 6.61 Å². The molecule has 1 saturated heterocycles. The van der Waals surface area contributed by atoms with E-state index >= 15 is 0 Å². The minimum Gasteiger partial charge on any atom is -0.381 e. The van der Waals surface area contributed by atoms with E-state index in [0.717, 1.165) is 31.7 Å². The number of nitrogens with zero attached hydrogens (tertiary/aromatic N) is 3. The van der Waals surface area contributed by atoms with E-state index in [4.69, 9.17) is 17.0 Å². The Bertz CT molecular complexity index is 775. The van der Waals surface area contributed by atoms with Gasteiger partial charge < -0.3 is 9.64 Å². The monoisotopic (exact) mass is 360 g/mol. The molecule has 1 atom stereocenters. The highest BCUT2D eigenvalue weighted by Crippen LogP contribution is 2.19. The van der Waals surface area contributed by atoms with Crippen molar-refractivity contribution in [2.24, 2.45) is 5.92 Å². The molecule has 1 amide bonds. The van der Waals surface area contributed by atoms with Crippen molar-refractivity contribution >= 4 is 18.1 Å². The van der Waals surface area contributed by atoms with Crippen LogP contribution in [0, 0.1) is 17.6 Å². The molecule has 1 aromatic carbocycles. The first-order valence-corrected chi connectivity index (χ1v) is 9.07. The Labute approximate surface area is 152 Å². The molecule has 25 heavy (non-hydrogen) atoms.